The summed E-state index contributed by atoms with van der Waals surface area (Å²) in [7, 11) is 1.95. The normalized spacial score (nSPS) is 29.1. The van der Waals surface area contributed by atoms with E-state index in [0.717, 1.165) is 41.4 Å². The number of rotatable bonds is 3. The van der Waals surface area contributed by atoms with Crippen LogP contribution in [0.3, 0.4) is 0 Å². The number of aliphatic hydroxyl groups is 1. The van der Waals surface area contributed by atoms with E-state index in [1.165, 1.54) is 12.8 Å². The fraction of sp³-hybridized carbons (Fsp3) is 0.769. The maximum atomic E-state index is 10.7. The van der Waals surface area contributed by atoms with Crippen molar-refractivity contribution in [2.24, 2.45) is 7.05 Å². The second kappa shape index (κ2) is 4.32. The van der Waals surface area contributed by atoms with Gasteiger partial charge in [0.2, 0.25) is 0 Å². The SMILES string of the molecule is Cc1nn(C)c(CC2(O)CCN(C3CC3)C2)c1Br. The molecule has 1 aliphatic carbocycles. The van der Waals surface area contributed by atoms with Gasteiger partial charge in [-0.1, -0.05) is 0 Å². The Bertz CT molecular complexity index is 469. The third-order valence-corrected chi connectivity index (χ3v) is 5.21. The van der Waals surface area contributed by atoms with Gasteiger partial charge < -0.3 is 5.11 Å². The average molecular weight is 314 g/mol. The van der Waals surface area contributed by atoms with Gasteiger partial charge in [-0.3, -0.25) is 9.58 Å². The van der Waals surface area contributed by atoms with Crippen molar-refractivity contribution in [3.63, 3.8) is 0 Å². The molecule has 0 radical (unpaired) electrons. The van der Waals surface area contributed by atoms with Gasteiger partial charge in [0.25, 0.3) is 0 Å². The first-order valence-electron chi connectivity index (χ1n) is 6.63. The van der Waals surface area contributed by atoms with Crippen LogP contribution >= 0.6 is 15.9 Å². The van der Waals surface area contributed by atoms with E-state index in [0.29, 0.717) is 6.42 Å². The molecule has 1 saturated heterocycles. The first kappa shape index (κ1) is 12.6. The Labute approximate surface area is 116 Å². The fourth-order valence-electron chi connectivity index (χ4n) is 2.97. The molecule has 100 valence electrons. The Morgan fingerprint density at radius 1 is 1.50 bits per heavy atom. The summed E-state index contributed by atoms with van der Waals surface area (Å²) in [6, 6.07) is 0.746. The van der Waals surface area contributed by atoms with Crippen LogP contribution in [0.2, 0.25) is 0 Å². The summed E-state index contributed by atoms with van der Waals surface area (Å²) in [5.74, 6) is 0. The van der Waals surface area contributed by atoms with Crippen LogP contribution in [0.15, 0.2) is 4.47 Å². The molecule has 18 heavy (non-hydrogen) atoms. The number of aromatic nitrogens is 2. The molecule has 1 aliphatic heterocycles. The molecule has 3 rings (SSSR count). The first-order valence-corrected chi connectivity index (χ1v) is 7.42. The van der Waals surface area contributed by atoms with Crippen molar-refractivity contribution in [2.45, 2.75) is 44.2 Å². The van der Waals surface area contributed by atoms with Gasteiger partial charge in [0.15, 0.2) is 0 Å². The molecule has 2 heterocycles. The highest BCUT2D eigenvalue weighted by Gasteiger charge is 2.42. The highest BCUT2D eigenvalue weighted by molar-refractivity contribution is 9.10. The maximum absolute atomic E-state index is 10.7. The van der Waals surface area contributed by atoms with Gasteiger partial charge in [-0.2, -0.15) is 5.10 Å². The third kappa shape index (κ3) is 2.24. The van der Waals surface area contributed by atoms with E-state index in [-0.39, 0.29) is 0 Å². The van der Waals surface area contributed by atoms with Gasteiger partial charge >= 0.3 is 0 Å². The number of halogens is 1. The lowest BCUT2D eigenvalue weighted by Crippen LogP contribution is -2.36. The van der Waals surface area contributed by atoms with E-state index in [2.05, 4.69) is 25.9 Å². The van der Waals surface area contributed by atoms with Crippen LogP contribution in [0.4, 0.5) is 0 Å². The van der Waals surface area contributed by atoms with Crippen LogP contribution in [-0.2, 0) is 13.5 Å². The van der Waals surface area contributed by atoms with Crippen LogP contribution < -0.4 is 0 Å². The van der Waals surface area contributed by atoms with Gasteiger partial charge in [-0.05, 0) is 42.1 Å². The molecule has 1 saturated carbocycles. The predicted molar refractivity (Wildman–Crippen MR) is 73.5 cm³/mol. The van der Waals surface area contributed by atoms with Crippen LogP contribution in [0.5, 0.6) is 0 Å². The summed E-state index contributed by atoms with van der Waals surface area (Å²) in [5, 5.41) is 15.1. The lowest BCUT2D eigenvalue weighted by Gasteiger charge is -2.23. The van der Waals surface area contributed by atoms with E-state index in [9.17, 15) is 5.11 Å². The molecule has 1 N–H and O–H groups in total. The molecule has 0 spiro atoms. The predicted octanol–water partition coefficient (Wildman–Crippen LogP) is 1.63. The molecular weight excluding hydrogens is 294 g/mol. The highest BCUT2D eigenvalue weighted by atomic mass is 79.9. The Hall–Kier alpha value is -0.390. The summed E-state index contributed by atoms with van der Waals surface area (Å²) in [5.41, 5.74) is 1.52. The van der Waals surface area contributed by atoms with E-state index in [1.54, 1.807) is 0 Å². The molecule has 2 aliphatic rings. The molecule has 0 bridgehead atoms. The second-order valence-corrected chi connectivity index (χ2v) is 6.62. The lowest BCUT2D eigenvalue weighted by atomic mass is 9.96. The van der Waals surface area contributed by atoms with Crippen molar-refractivity contribution in [1.82, 2.24) is 14.7 Å². The molecule has 1 atom stereocenters. The smallest absolute Gasteiger partial charge is 0.0841 e. The van der Waals surface area contributed by atoms with Crippen LogP contribution in [0.1, 0.15) is 30.7 Å². The number of aryl methyl sites for hydroxylation is 2. The molecule has 1 unspecified atom stereocenters. The fourth-order valence-corrected chi connectivity index (χ4v) is 3.44. The van der Waals surface area contributed by atoms with Crippen LogP contribution in [0.25, 0.3) is 0 Å². The molecule has 1 aromatic rings. The molecular formula is C13H20BrN3O. The van der Waals surface area contributed by atoms with Gasteiger partial charge in [-0.15, -0.1) is 0 Å². The van der Waals surface area contributed by atoms with Gasteiger partial charge in [0, 0.05) is 32.6 Å². The summed E-state index contributed by atoms with van der Waals surface area (Å²) < 4.78 is 2.93. The zero-order chi connectivity index (χ0) is 12.9. The summed E-state index contributed by atoms with van der Waals surface area (Å²) >= 11 is 3.58. The standard InChI is InChI=1S/C13H20BrN3O/c1-9-12(14)11(16(2)15-9)7-13(18)5-6-17(8-13)10-3-4-10/h10,18H,3-8H2,1-2H3. The molecule has 0 amide bonds. The van der Waals surface area contributed by atoms with Crippen molar-refractivity contribution < 1.29 is 5.11 Å². The molecule has 2 fully saturated rings. The van der Waals surface area contributed by atoms with Crippen LogP contribution in [0, 0.1) is 6.92 Å². The number of hydrogen-bond acceptors (Lipinski definition) is 3. The monoisotopic (exact) mass is 313 g/mol. The molecule has 4 nitrogen and oxygen atoms in total. The maximum Gasteiger partial charge on any atom is 0.0841 e. The number of nitrogens with zero attached hydrogens (tertiary/aromatic N) is 3. The molecule has 1 aromatic heterocycles. The average Bonchev–Trinajstić information content (AvgIpc) is 3.05. The summed E-state index contributed by atoms with van der Waals surface area (Å²) in [6.45, 7) is 3.84. The highest BCUT2D eigenvalue weighted by Crippen LogP contribution is 2.36. The Morgan fingerprint density at radius 3 is 2.78 bits per heavy atom. The van der Waals surface area contributed by atoms with Crippen molar-refractivity contribution >= 4 is 15.9 Å². The van der Waals surface area contributed by atoms with E-state index in [4.69, 9.17) is 0 Å². The van der Waals surface area contributed by atoms with E-state index >= 15 is 0 Å². The number of hydrogen-bond donors (Lipinski definition) is 1. The Morgan fingerprint density at radius 2 is 2.22 bits per heavy atom. The third-order valence-electron chi connectivity index (χ3n) is 4.18. The topological polar surface area (TPSA) is 41.3 Å². The second-order valence-electron chi connectivity index (χ2n) is 5.82. The summed E-state index contributed by atoms with van der Waals surface area (Å²) in [6.07, 6.45) is 4.18. The summed E-state index contributed by atoms with van der Waals surface area (Å²) in [4.78, 5) is 2.44. The zero-order valence-electron chi connectivity index (χ0n) is 11.0. The van der Waals surface area contributed by atoms with Crippen molar-refractivity contribution in [1.29, 1.82) is 0 Å². The Kier molecular flexibility index (Phi) is 3.03. The van der Waals surface area contributed by atoms with Gasteiger partial charge in [0.1, 0.15) is 0 Å². The first-order chi connectivity index (χ1) is 8.48. The minimum Gasteiger partial charge on any atom is -0.388 e. The van der Waals surface area contributed by atoms with Gasteiger partial charge in [-0.25, -0.2) is 0 Å². The molecule has 0 aromatic carbocycles. The van der Waals surface area contributed by atoms with Crippen molar-refractivity contribution in [3.8, 4) is 0 Å². The Balaban J connectivity index is 1.75. The lowest BCUT2D eigenvalue weighted by molar-refractivity contribution is 0.0467. The van der Waals surface area contributed by atoms with Gasteiger partial charge in [0.05, 0.1) is 21.5 Å². The van der Waals surface area contributed by atoms with E-state index < -0.39 is 5.60 Å². The largest absolute Gasteiger partial charge is 0.388 e. The zero-order valence-corrected chi connectivity index (χ0v) is 12.6. The number of likely N-dealkylation sites (tertiary alicyclic amines) is 1. The minimum atomic E-state index is -0.578. The van der Waals surface area contributed by atoms with Crippen molar-refractivity contribution in [3.05, 3.63) is 15.9 Å². The number of β-amino-alcohol motifs (C(OH)–C–C–N with tert-alkyl or cyclic N) is 1. The van der Waals surface area contributed by atoms with E-state index in [1.807, 2.05) is 18.7 Å². The van der Waals surface area contributed by atoms with Crippen LogP contribution in [-0.4, -0.2) is 44.5 Å². The minimum absolute atomic E-state index is 0.578. The van der Waals surface area contributed by atoms with Crippen molar-refractivity contribution in [2.75, 3.05) is 13.1 Å². The quantitative estimate of drug-likeness (QED) is 0.922. The molecule has 5 heteroatoms.